The van der Waals surface area contributed by atoms with Crippen molar-refractivity contribution in [3.8, 4) is 11.5 Å². The van der Waals surface area contributed by atoms with Crippen LogP contribution in [0.15, 0.2) is 36.4 Å². The molecule has 37 heavy (non-hydrogen) atoms. The molecule has 0 spiro atoms. The van der Waals surface area contributed by atoms with E-state index in [-0.39, 0.29) is 17.9 Å². The van der Waals surface area contributed by atoms with Gasteiger partial charge in [0.25, 0.3) is 5.91 Å². The molecule has 0 unspecified atom stereocenters. The van der Waals surface area contributed by atoms with Crippen molar-refractivity contribution in [1.82, 2.24) is 15.1 Å². The molecule has 2 heterocycles. The third-order valence-corrected chi connectivity index (χ3v) is 7.27. The van der Waals surface area contributed by atoms with Crippen LogP contribution in [0.25, 0.3) is 0 Å². The van der Waals surface area contributed by atoms with E-state index in [0.717, 1.165) is 49.2 Å². The lowest BCUT2D eigenvalue weighted by Gasteiger charge is -2.45. The highest BCUT2D eigenvalue weighted by Gasteiger charge is 2.46. The van der Waals surface area contributed by atoms with Gasteiger partial charge in [0.2, 0.25) is 5.91 Å². The Labute approximate surface area is 221 Å². The van der Waals surface area contributed by atoms with Gasteiger partial charge in [-0.3, -0.25) is 9.59 Å². The van der Waals surface area contributed by atoms with Crippen LogP contribution in [0.1, 0.15) is 79.5 Å². The summed E-state index contributed by atoms with van der Waals surface area (Å²) >= 11 is 0. The maximum Gasteiger partial charge on any atom is 0.254 e. The van der Waals surface area contributed by atoms with E-state index in [1.54, 1.807) is 0 Å². The number of fused-ring (bicyclic) bond motifs is 4. The minimum Gasteiger partial charge on any atom is -0.490 e. The normalized spacial score (nSPS) is 18.2. The van der Waals surface area contributed by atoms with E-state index >= 15 is 0 Å². The first-order valence-corrected chi connectivity index (χ1v) is 13.9. The van der Waals surface area contributed by atoms with E-state index in [1.165, 1.54) is 0 Å². The van der Waals surface area contributed by atoms with Crippen molar-refractivity contribution in [2.75, 3.05) is 45.9 Å². The Morgan fingerprint density at radius 2 is 1.65 bits per heavy atom. The Kier molecular flexibility index (Phi) is 9.09. The van der Waals surface area contributed by atoms with Gasteiger partial charge in [0.05, 0.1) is 25.2 Å². The van der Waals surface area contributed by atoms with Gasteiger partial charge < -0.3 is 24.6 Å². The Morgan fingerprint density at radius 1 is 0.973 bits per heavy atom. The molecule has 2 aromatic rings. The van der Waals surface area contributed by atoms with Crippen LogP contribution >= 0.6 is 0 Å². The molecule has 2 aromatic carbocycles. The highest BCUT2D eigenvalue weighted by Crippen LogP contribution is 2.48. The van der Waals surface area contributed by atoms with E-state index < -0.39 is 5.92 Å². The predicted octanol–water partition coefficient (Wildman–Crippen LogP) is 4.56. The summed E-state index contributed by atoms with van der Waals surface area (Å²) in [7, 11) is 0. The predicted molar refractivity (Wildman–Crippen MR) is 145 cm³/mol. The Morgan fingerprint density at radius 3 is 2.32 bits per heavy atom. The lowest BCUT2D eigenvalue weighted by atomic mass is 9.75. The van der Waals surface area contributed by atoms with E-state index in [9.17, 15) is 9.59 Å². The van der Waals surface area contributed by atoms with Crippen molar-refractivity contribution in [2.45, 2.75) is 58.9 Å². The standard InChI is InChI=1S/C30H41N3O4/c1-5-15-32(16-6-2)18-14-31-29(34)27-22-11-9-10-12-23(22)30(35)33-17-13-21-19-25(36-7-3)26(37-8-4)20-24(21)28(27)33/h9-12,19-20,27-28H,5-8,13-18H2,1-4H3,(H,31,34)/t27-,28+/m0/s1. The minimum atomic E-state index is -0.494. The number of carbonyl (C=O) groups is 2. The summed E-state index contributed by atoms with van der Waals surface area (Å²) in [5.41, 5.74) is 3.50. The number of ether oxygens (including phenoxy) is 2. The van der Waals surface area contributed by atoms with Gasteiger partial charge in [-0.1, -0.05) is 32.0 Å². The molecular formula is C30H41N3O4. The zero-order chi connectivity index (χ0) is 26.4. The molecule has 0 aromatic heterocycles. The summed E-state index contributed by atoms with van der Waals surface area (Å²) in [5.74, 6) is 0.824. The maximum atomic E-state index is 13.9. The second-order valence-electron chi connectivity index (χ2n) is 9.75. The third-order valence-electron chi connectivity index (χ3n) is 7.27. The Balaban J connectivity index is 1.70. The van der Waals surface area contributed by atoms with Crippen molar-refractivity contribution >= 4 is 11.8 Å². The number of hydrogen-bond donors (Lipinski definition) is 1. The minimum absolute atomic E-state index is 0.0146. The molecule has 1 N–H and O–H groups in total. The van der Waals surface area contributed by atoms with Gasteiger partial charge in [0.15, 0.2) is 11.5 Å². The first-order chi connectivity index (χ1) is 18.0. The fourth-order valence-electron chi connectivity index (χ4n) is 5.77. The zero-order valence-corrected chi connectivity index (χ0v) is 22.7. The molecule has 7 heteroatoms. The highest BCUT2D eigenvalue weighted by atomic mass is 16.5. The van der Waals surface area contributed by atoms with Gasteiger partial charge in [0.1, 0.15) is 0 Å². The van der Waals surface area contributed by atoms with E-state index in [4.69, 9.17) is 9.47 Å². The monoisotopic (exact) mass is 507 g/mol. The van der Waals surface area contributed by atoms with Crippen LogP contribution in [0.3, 0.4) is 0 Å². The summed E-state index contributed by atoms with van der Waals surface area (Å²) in [5, 5.41) is 3.22. The summed E-state index contributed by atoms with van der Waals surface area (Å²) in [6.07, 6.45) is 2.89. The Hall–Kier alpha value is -3.06. The van der Waals surface area contributed by atoms with Crippen LogP contribution in [0, 0.1) is 0 Å². The summed E-state index contributed by atoms with van der Waals surface area (Å²) in [6, 6.07) is 11.2. The van der Waals surface area contributed by atoms with Crippen molar-refractivity contribution in [2.24, 2.45) is 0 Å². The second kappa shape index (κ2) is 12.5. The van der Waals surface area contributed by atoms with Crippen LogP contribution in [-0.2, 0) is 11.2 Å². The number of hydrogen-bond acceptors (Lipinski definition) is 5. The summed E-state index contributed by atoms with van der Waals surface area (Å²) in [6.45, 7) is 13.3. The fourth-order valence-corrected chi connectivity index (χ4v) is 5.77. The Bertz CT molecular complexity index is 1100. The van der Waals surface area contributed by atoms with Crippen molar-refractivity contribution in [3.63, 3.8) is 0 Å². The number of amides is 2. The first kappa shape index (κ1) is 27.0. The SMILES string of the molecule is CCCN(CCC)CCNC(=O)[C@H]1c2ccccc2C(=O)N2CCc3cc(OCC)c(OCC)cc3[C@H]12. The quantitative estimate of drug-likeness (QED) is 0.456. The van der Waals surface area contributed by atoms with Crippen LogP contribution in [-0.4, -0.2) is 67.6 Å². The molecule has 0 saturated heterocycles. The lowest BCUT2D eigenvalue weighted by molar-refractivity contribution is -0.124. The van der Waals surface area contributed by atoms with Crippen molar-refractivity contribution < 1.29 is 19.1 Å². The van der Waals surface area contributed by atoms with Gasteiger partial charge in [-0.2, -0.15) is 0 Å². The summed E-state index contributed by atoms with van der Waals surface area (Å²) < 4.78 is 11.8. The number of nitrogens with zero attached hydrogens (tertiary/aromatic N) is 2. The first-order valence-electron chi connectivity index (χ1n) is 13.9. The van der Waals surface area contributed by atoms with Crippen LogP contribution in [0.4, 0.5) is 0 Å². The van der Waals surface area contributed by atoms with Crippen molar-refractivity contribution in [1.29, 1.82) is 0 Å². The average Bonchev–Trinajstić information content (AvgIpc) is 2.90. The highest BCUT2D eigenvalue weighted by molar-refractivity contribution is 6.01. The van der Waals surface area contributed by atoms with E-state index in [2.05, 4.69) is 24.1 Å². The molecule has 0 radical (unpaired) electrons. The van der Waals surface area contributed by atoms with Gasteiger partial charge in [-0.25, -0.2) is 0 Å². The fraction of sp³-hybridized carbons (Fsp3) is 0.533. The molecule has 4 rings (SSSR count). The van der Waals surface area contributed by atoms with E-state index in [0.29, 0.717) is 49.8 Å². The topological polar surface area (TPSA) is 71.1 Å². The molecule has 2 aliphatic rings. The number of rotatable bonds is 12. The van der Waals surface area contributed by atoms with Crippen LogP contribution in [0.5, 0.6) is 11.5 Å². The lowest BCUT2D eigenvalue weighted by Crippen LogP contribution is -2.50. The molecule has 7 nitrogen and oxygen atoms in total. The second-order valence-corrected chi connectivity index (χ2v) is 9.75. The molecular weight excluding hydrogens is 466 g/mol. The van der Waals surface area contributed by atoms with E-state index in [1.807, 2.05) is 55.1 Å². The summed E-state index contributed by atoms with van der Waals surface area (Å²) in [4.78, 5) is 31.7. The molecule has 0 aliphatic carbocycles. The molecule has 0 bridgehead atoms. The van der Waals surface area contributed by atoms with Gasteiger partial charge in [0, 0.05) is 25.2 Å². The van der Waals surface area contributed by atoms with Gasteiger partial charge in [-0.05, 0) is 81.1 Å². The maximum absolute atomic E-state index is 13.9. The molecule has 0 fully saturated rings. The smallest absolute Gasteiger partial charge is 0.254 e. The zero-order valence-electron chi connectivity index (χ0n) is 22.7. The van der Waals surface area contributed by atoms with Crippen molar-refractivity contribution in [3.05, 3.63) is 58.7 Å². The van der Waals surface area contributed by atoms with Gasteiger partial charge >= 0.3 is 0 Å². The molecule has 2 aliphatic heterocycles. The third kappa shape index (κ3) is 5.61. The molecule has 2 amide bonds. The van der Waals surface area contributed by atoms with Gasteiger partial charge in [-0.15, -0.1) is 0 Å². The number of benzene rings is 2. The molecule has 2 atom stereocenters. The molecule has 0 saturated carbocycles. The number of nitrogens with one attached hydrogen (secondary N) is 1. The average molecular weight is 508 g/mol. The largest absolute Gasteiger partial charge is 0.490 e. The number of carbonyl (C=O) groups excluding carboxylic acids is 2. The van der Waals surface area contributed by atoms with Crippen LogP contribution in [0.2, 0.25) is 0 Å². The molecule has 200 valence electrons. The van der Waals surface area contributed by atoms with Crippen LogP contribution < -0.4 is 14.8 Å².